The summed E-state index contributed by atoms with van der Waals surface area (Å²) in [6.07, 6.45) is 1.17. The number of rotatable bonds is 14. The number of amides is 4. The molecule has 41 heavy (non-hydrogen) atoms. The van der Waals surface area contributed by atoms with E-state index in [9.17, 15) is 29.1 Å². The molecule has 0 radical (unpaired) electrons. The van der Waals surface area contributed by atoms with Gasteiger partial charge in [-0.05, 0) is 23.1 Å². The molecular formula is C29H36N6O6. The zero-order valence-electron chi connectivity index (χ0n) is 22.9. The molecule has 9 N–H and O–H groups in total. The quantitative estimate of drug-likeness (QED) is 0.146. The molecule has 0 aliphatic carbocycles. The van der Waals surface area contributed by atoms with Crippen molar-refractivity contribution in [1.82, 2.24) is 20.9 Å². The summed E-state index contributed by atoms with van der Waals surface area (Å²) in [7, 11) is 0. The van der Waals surface area contributed by atoms with Crippen LogP contribution in [0.25, 0.3) is 10.9 Å². The van der Waals surface area contributed by atoms with Crippen LogP contribution in [-0.2, 0) is 36.8 Å². The minimum Gasteiger partial charge on any atom is -0.480 e. The lowest BCUT2D eigenvalue weighted by atomic mass is 10.00. The molecule has 0 aliphatic rings. The van der Waals surface area contributed by atoms with Crippen LogP contribution in [0.15, 0.2) is 60.8 Å². The van der Waals surface area contributed by atoms with Gasteiger partial charge in [-0.25, -0.2) is 4.79 Å². The van der Waals surface area contributed by atoms with Crippen molar-refractivity contribution in [3.63, 3.8) is 0 Å². The number of aliphatic carboxylic acids is 1. The van der Waals surface area contributed by atoms with Gasteiger partial charge < -0.3 is 37.5 Å². The average molecular weight is 565 g/mol. The van der Waals surface area contributed by atoms with Gasteiger partial charge in [0.15, 0.2) is 0 Å². The first-order chi connectivity index (χ1) is 19.5. The van der Waals surface area contributed by atoms with Crippen LogP contribution >= 0.6 is 0 Å². The maximum Gasteiger partial charge on any atom is 0.326 e. The Morgan fingerprint density at radius 3 is 1.98 bits per heavy atom. The Morgan fingerprint density at radius 1 is 0.805 bits per heavy atom. The lowest BCUT2D eigenvalue weighted by Gasteiger charge is -2.26. The van der Waals surface area contributed by atoms with Crippen molar-refractivity contribution in [3.8, 4) is 0 Å². The number of H-pyrrole nitrogens is 1. The summed E-state index contributed by atoms with van der Waals surface area (Å²) in [6.45, 7) is 3.56. The van der Waals surface area contributed by atoms with Crippen LogP contribution in [0.1, 0.15) is 31.4 Å². The van der Waals surface area contributed by atoms with Crippen molar-refractivity contribution >= 4 is 40.5 Å². The second-order valence-corrected chi connectivity index (χ2v) is 10.2. The molecule has 0 bridgehead atoms. The summed E-state index contributed by atoms with van der Waals surface area (Å²) in [5.74, 6) is -4.58. The summed E-state index contributed by atoms with van der Waals surface area (Å²) in [4.78, 5) is 66.0. The topological polar surface area (TPSA) is 209 Å². The lowest BCUT2D eigenvalue weighted by molar-refractivity contribution is -0.143. The smallest absolute Gasteiger partial charge is 0.326 e. The highest BCUT2D eigenvalue weighted by atomic mass is 16.4. The number of carbonyl (C=O) groups excluding carboxylic acids is 4. The molecule has 4 atom stereocenters. The normalized spacial score (nSPS) is 14.0. The van der Waals surface area contributed by atoms with Gasteiger partial charge in [-0.3, -0.25) is 19.2 Å². The van der Waals surface area contributed by atoms with Crippen molar-refractivity contribution in [2.75, 3.05) is 0 Å². The van der Waals surface area contributed by atoms with E-state index in [1.807, 2.05) is 30.3 Å². The maximum absolute atomic E-state index is 13.6. The van der Waals surface area contributed by atoms with Crippen LogP contribution in [0.3, 0.4) is 0 Å². The summed E-state index contributed by atoms with van der Waals surface area (Å²) in [6, 6.07) is 11.6. The number of primary amides is 1. The van der Waals surface area contributed by atoms with Gasteiger partial charge in [0.2, 0.25) is 23.6 Å². The molecule has 4 unspecified atom stereocenters. The number of hydrogen-bond donors (Lipinski definition) is 7. The average Bonchev–Trinajstić information content (AvgIpc) is 3.34. The van der Waals surface area contributed by atoms with E-state index in [0.717, 1.165) is 16.5 Å². The number of hydrogen-bond acceptors (Lipinski definition) is 6. The summed E-state index contributed by atoms with van der Waals surface area (Å²) < 4.78 is 0. The third-order valence-corrected chi connectivity index (χ3v) is 6.69. The van der Waals surface area contributed by atoms with Gasteiger partial charge in [-0.15, -0.1) is 0 Å². The molecule has 4 amide bonds. The van der Waals surface area contributed by atoms with Gasteiger partial charge in [0.1, 0.15) is 18.1 Å². The maximum atomic E-state index is 13.6. The zero-order valence-corrected chi connectivity index (χ0v) is 22.9. The molecule has 0 saturated heterocycles. The Balaban J connectivity index is 1.91. The van der Waals surface area contributed by atoms with Crippen molar-refractivity contribution in [1.29, 1.82) is 0 Å². The van der Waals surface area contributed by atoms with Crippen LogP contribution in [0, 0.1) is 5.92 Å². The Morgan fingerprint density at radius 2 is 1.37 bits per heavy atom. The Bertz CT molecular complexity index is 1390. The predicted molar refractivity (Wildman–Crippen MR) is 152 cm³/mol. The summed E-state index contributed by atoms with van der Waals surface area (Å²) >= 11 is 0. The van der Waals surface area contributed by atoms with Gasteiger partial charge >= 0.3 is 5.97 Å². The first-order valence-corrected chi connectivity index (χ1v) is 13.2. The molecule has 3 aromatic rings. The van der Waals surface area contributed by atoms with Gasteiger partial charge in [-0.1, -0.05) is 62.4 Å². The number of benzene rings is 2. The highest BCUT2D eigenvalue weighted by molar-refractivity contribution is 5.95. The van der Waals surface area contributed by atoms with Crippen molar-refractivity contribution in [2.45, 2.75) is 57.3 Å². The lowest BCUT2D eigenvalue weighted by Crippen LogP contribution is -2.58. The Hall–Kier alpha value is -4.71. The van der Waals surface area contributed by atoms with Crippen LogP contribution < -0.4 is 27.4 Å². The number of carboxylic acid groups (broad SMARTS) is 1. The molecule has 1 heterocycles. The number of aromatic nitrogens is 1. The van der Waals surface area contributed by atoms with Crippen LogP contribution in [0.4, 0.5) is 0 Å². The summed E-state index contributed by atoms with van der Waals surface area (Å²) in [5.41, 5.74) is 13.4. The van der Waals surface area contributed by atoms with E-state index in [0.29, 0.717) is 5.56 Å². The fraction of sp³-hybridized carbons (Fsp3) is 0.345. The van der Waals surface area contributed by atoms with Gasteiger partial charge in [-0.2, -0.15) is 0 Å². The number of nitrogens with two attached hydrogens (primary N) is 2. The fourth-order valence-corrected chi connectivity index (χ4v) is 4.31. The van der Waals surface area contributed by atoms with E-state index < -0.39 is 60.2 Å². The van der Waals surface area contributed by atoms with Crippen molar-refractivity contribution < 1.29 is 29.1 Å². The standard InChI is InChI=1S/C29H36N6O6/c1-16(2)25(31)28(39)34-21(12-17-8-4-3-5-9-17)26(37)33-22(27(38)35-23(29(40)41)14-24(30)36)13-18-15-32-20-11-7-6-10-19(18)20/h3-11,15-16,21-23,25,32H,12-14,31H2,1-2H3,(H2,30,36)(H,33,37)(H,34,39)(H,35,38)(H,40,41). The van der Waals surface area contributed by atoms with Gasteiger partial charge in [0, 0.05) is 29.9 Å². The van der Waals surface area contributed by atoms with E-state index >= 15 is 0 Å². The van der Waals surface area contributed by atoms with Crippen molar-refractivity contribution in [3.05, 3.63) is 71.9 Å². The first kappa shape index (κ1) is 30.8. The van der Waals surface area contributed by atoms with Crippen LogP contribution in [0.2, 0.25) is 0 Å². The minimum absolute atomic E-state index is 0.0119. The molecule has 0 spiro atoms. The molecule has 0 fully saturated rings. The minimum atomic E-state index is -1.59. The highest BCUT2D eigenvalue weighted by Crippen LogP contribution is 2.19. The third kappa shape index (κ3) is 8.64. The van der Waals surface area contributed by atoms with E-state index in [-0.39, 0.29) is 18.8 Å². The fourth-order valence-electron chi connectivity index (χ4n) is 4.31. The van der Waals surface area contributed by atoms with E-state index in [1.54, 1.807) is 44.3 Å². The first-order valence-electron chi connectivity index (χ1n) is 13.2. The van der Waals surface area contributed by atoms with E-state index in [4.69, 9.17) is 11.5 Å². The Kier molecular flexibility index (Phi) is 10.6. The third-order valence-electron chi connectivity index (χ3n) is 6.69. The van der Waals surface area contributed by atoms with Crippen LogP contribution in [-0.4, -0.2) is 63.9 Å². The second-order valence-electron chi connectivity index (χ2n) is 10.2. The largest absolute Gasteiger partial charge is 0.480 e. The number of carboxylic acids is 1. The van der Waals surface area contributed by atoms with E-state index in [2.05, 4.69) is 20.9 Å². The predicted octanol–water partition coefficient (Wildman–Crippen LogP) is 0.351. The Labute approximate surface area is 237 Å². The molecule has 2 aromatic carbocycles. The number of nitrogens with one attached hydrogen (secondary N) is 4. The molecule has 12 nitrogen and oxygen atoms in total. The molecular weight excluding hydrogens is 528 g/mol. The molecule has 3 rings (SSSR count). The monoisotopic (exact) mass is 564 g/mol. The number of para-hydroxylation sites is 1. The second kappa shape index (κ2) is 14.1. The van der Waals surface area contributed by atoms with Gasteiger partial charge in [0.25, 0.3) is 0 Å². The summed E-state index contributed by atoms with van der Waals surface area (Å²) in [5, 5.41) is 18.0. The molecule has 218 valence electrons. The van der Waals surface area contributed by atoms with Crippen molar-refractivity contribution in [2.24, 2.45) is 17.4 Å². The molecule has 1 aromatic heterocycles. The molecule has 12 heteroatoms. The highest BCUT2D eigenvalue weighted by Gasteiger charge is 2.32. The van der Waals surface area contributed by atoms with Gasteiger partial charge in [0.05, 0.1) is 12.5 Å². The zero-order chi connectivity index (χ0) is 30.1. The molecule has 0 saturated carbocycles. The van der Waals surface area contributed by atoms with Crippen LogP contribution in [0.5, 0.6) is 0 Å². The molecule has 0 aliphatic heterocycles. The SMILES string of the molecule is CC(C)C(N)C(=O)NC(Cc1ccccc1)C(=O)NC(Cc1c[nH]c2ccccc12)C(=O)NC(CC(N)=O)C(=O)O. The number of aromatic amines is 1. The number of fused-ring (bicyclic) bond motifs is 1. The van der Waals surface area contributed by atoms with E-state index in [1.165, 1.54) is 0 Å². The number of carbonyl (C=O) groups is 5.